The molecule has 0 saturated carbocycles. The highest BCUT2D eigenvalue weighted by atomic mass is 127. The smallest absolute Gasteiger partial charge is 0.258 e. The van der Waals surface area contributed by atoms with Crippen molar-refractivity contribution < 1.29 is 4.92 Å². The lowest BCUT2D eigenvalue weighted by Crippen LogP contribution is -2.01. The lowest BCUT2D eigenvalue weighted by Gasteiger charge is -2.01. The summed E-state index contributed by atoms with van der Waals surface area (Å²) in [5.41, 5.74) is 0.401. The summed E-state index contributed by atoms with van der Waals surface area (Å²) >= 11 is 2.13. The summed E-state index contributed by atoms with van der Waals surface area (Å²) in [5, 5.41) is 14.7. The van der Waals surface area contributed by atoms with Gasteiger partial charge in [0.2, 0.25) is 0 Å². The Balaban J connectivity index is 2.45. The van der Waals surface area contributed by atoms with Crippen molar-refractivity contribution in [3.63, 3.8) is 0 Å². The molecule has 0 aliphatic carbocycles. The number of aryl methyl sites for hydroxylation is 1. The molecule has 0 aliphatic heterocycles. The van der Waals surface area contributed by atoms with Gasteiger partial charge in [-0.05, 0) is 35.6 Å². The highest BCUT2D eigenvalue weighted by Crippen LogP contribution is 2.17. The van der Waals surface area contributed by atoms with E-state index in [-0.39, 0.29) is 5.69 Å². The minimum atomic E-state index is -0.445. The van der Waals surface area contributed by atoms with Gasteiger partial charge in [0.15, 0.2) is 5.82 Å². The quantitative estimate of drug-likeness (QED) is 0.480. The van der Waals surface area contributed by atoms with E-state index in [1.54, 1.807) is 30.1 Å². The summed E-state index contributed by atoms with van der Waals surface area (Å²) in [6.45, 7) is 1.61. The van der Waals surface area contributed by atoms with E-state index in [0.29, 0.717) is 11.5 Å². The monoisotopic (exact) mass is 330 g/mol. The number of hydrogen-bond donors (Lipinski definition) is 0. The molecule has 16 heavy (non-hydrogen) atoms. The van der Waals surface area contributed by atoms with Crippen molar-refractivity contribution in [2.75, 3.05) is 0 Å². The van der Waals surface area contributed by atoms with Gasteiger partial charge in [-0.1, -0.05) is 0 Å². The van der Waals surface area contributed by atoms with E-state index in [1.165, 1.54) is 6.07 Å². The summed E-state index contributed by atoms with van der Waals surface area (Å²) in [6.07, 6.45) is 3.49. The minimum Gasteiger partial charge on any atom is -0.258 e. The molecule has 0 aliphatic rings. The van der Waals surface area contributed by atoms with Gasteiger partial charge in [-0.15, -0.1) is 0 Å². The van der Waals surface area contributed by atoms with Crippen molar-refractivity contribution >= 4 is 28.3 Å². The van der Waals surface area contributed by atoms with Gasteiger partial charge in [-0.25, -0.2) is 9.67 Å². The first-order chi connectivity index (χ1) is 7.58. The Kier molecular flexibility index (Phi) is 2.86. The van der Waals surface area contributed by atoms with E-state index in [2.05, 4.69) is 32.7 Å². The van der Waals surface area contributed by atoms with Crippen LogP contribution in [0.1, 0.15) is 5.69 Å². The number of nitro groups is 1. The predicted octanol–water partition coefficient (Wildman–Crippen LogP) is 2.09. The third-order valence-corrected chi connectivity index (χ3v) is 2.58. The summed E-state index contributed by atoms with van der Waals surface area (Å²) in [7, 11) is 0. The molecule has 2 rings (SSSR count). The van der Waals surface area contributed by atoms with Gasteiger partial charge >= 0.3 is 0 Å². The summed E-state index contributed by atoms with van der Waals surface area (Å²) in [6, 6.07) is 3.01. The van der Waals surface area contributed by atoms with Crippen LogP contribution in [0, 0.1) is 20.6 Å². The molecule has 2 aromatic heterocycles. The third-order valence-electron chi connectivity index (χ3n) is 2.03. The maximum absolute atomic E-state index is 10.6. The van der Waals surface area contributed by atoms with E-state index in [0.717, 1.165) is 3.57 Å². The van der Waals surface area contributed by atoms with Crippen molar-refractivity contribution in [1.29, 1.82) is 0 Å². The van der Waals surface area contributed by atoms with Gasteiger partial charge in [0.25, 0.3) is 5.69 Å². The van der Waals surface area contributed by atoms with Gasteiger partial charge < -0.3 is 0 Å². The average molecular weight is 330 g/mol. The normalized spacial score (nSPS) is 10.4. The topological polar surface area (TPSA) is 73.8 Å². The fourth-order valence-electron chi connectivity index (χ4n) is 1.29. The molecule has 0 amide bonds. The lowest BCUT2D eigenvalue weighted by molar-refractivity contribution is -0.385. The number of rotatable bonds is 2. The molecule has 0 radical (unpaired) electrons. The third kappa shape index (κ3) is 2.03. The summed E-state index contributed by atoms with van der Waals surface area (Å²) in [5.74, 6) is 0.575. The van der Waals surface area contributed by atoms with Crippen LogP contribution in [0.3, 0.4) is 0 Å². The first-order valence-corrected chi connectivity index (χ1v) is 5.48. The molecule has 0 saturated heterocycles. The molecule has 2 aromatic rings. The first kappa shape index (κ1) is 11.0. The highest BCUT2D eigenvalue weighted by molar-refractivity contribution is 14.1. The van der Waals surface area contributed by atoms with Crippen LogP contribution in [-0.2, 0) is 0 Å². The van der Waals surface area contributed by atoms with Crippen LogP contribution in [0.4, 0.5) is 5.69 Å². The Labute approximate surface area is 105 Å². The second-order valence-corrected chi connectivity index (χ2v) is 4.38. The highest BCUT2D eigenvalue weighted by Gasteiger charge is 2.12. The van der Waals surface area contributed by atoms with Gasteiger partial charge in [-0.2, -0.15) is 5.10 Å². The number of aromatic nitrogens is 3. The second-order valence-electron chi connectivity index (χ2n) is 3.13. The zero-order valence-electron chi connectivity index (χ0n) is 8.29. The molecule has 6 nitrogen and oxygen atoms in total. The Bertz CT molecular complexity index is 552. The minimum absolute atomic E-state index is 0.0191. The molecule has 0 unspecified atom stereocenters. The maximum atomic E-state index is 10.6. The molecular weight excluding hydrogens is 323 g/mol. The van der Waals surface area contributed by atoms with Crippen LogP contribution in [0.5, 0.6) is 0 Å². The molecule has 82 valence electrons. The number of halogens is 1. The van der Waals surface area contributed by atoms with Gasteiger partial charge in [-0.3, -0.25) is 10.1 Å². The summed E-state index contributed by atoms with van der Waals surface area (Å²) in [4.78, 5) is 14.3. The van der Waals surface area contributed by atoms with Crippen LogP contribution in [0.15, 0.2) is 24.5 Å². The summed E-state index contributed by atoms with van der Waals surface area (Å²) < 4.78 is 2.56. The Morgan fingerprint density at radius 3 is 2.75 bits per heavy atom. The Morgan fingerprint density at radius 2 is 2.25 bits per heavy atom. The molecule has 0 atom stereocenters. The fourth-order valence-corrected chi connectivity index (χ4v) is 1.68. The van der Waals surface area contributed by atoms with Gasteiger partial charge in [0, 0.05) is 12.3 Å². The van der Waals surface area contributed by atoms with E-state index in [9.17, 15) is 10.1 Å². The molecule has 0 N–H and O–H groups in total. The molecule has 0 spiro atoms. The average Bonchev–Trinajstić information content (AvgIpc) is 2.64. The van der Waals surface area contributed by atoms with Crippen LogP contribution in [-0.4, -0.2) is 19.7 Å². The van der Waals surface area contributed by atoms with Crippen molar-refractivity contribution in [3.05, 3.63) is 43.9 Å². The van der Waals surface area contributed by atoms with E-state index < -0.39 is 4.92 Å². The molecule has 0 aromatic carbocycles. The zero-order valence-corrected chi connectivity index (χ0v) is 10.5. The largest absolute Gasteiger partial charge is 0.290 e. The van der Waals surface area contributed by atoms with Crippen LogP contribution in [0.25, 0.3) is 5.82 Å². The lowest BCUT2D eigenvalue weighted by atomic mass is 10.3. The number of nitrogens with zero attached hydrogens (tertiary/aromatic N) is 4. The molecule has 0 fully saturated rings. The SMILES string of the molecule is Cc1nc(-n2cc(I)cn2)ccc1[N+](=O)[O-]. The zero-order chi connectivity index (χ0) is 11.7. The maximum Gasteiger partial charge on any atom is 0.290 e. The molecule has 2 heterocycles. The number of pyridine rings is 1. The number of hydrogen-bond acceptors (Lipinski definition) is 4. The Hall–Kier alpha value is -1.51. The van der Waals surface area contributed by atoms with E-state index >= 15 is 0 Å². The van der Waals surface area contributed by atoms with E-state index in [4.69, 9.17) is 0 Å². The van der Waals surface area contributed by atoms with Crippen LogP contribution < -0.4 is 0 Å². The van der Waals surface area contributed by atoms with Crippen molar-refractivity contribution in [3.8, 4) is 5.82 Å². The molecule has 0 bridgehead atoms. The standard InChI is InChI=1S/C9H7IN4O2/c1-6-8(14(15)16)2-3-9(12-6)13-5-7(10)4-11-13/h2-5H,1H3. The van der Waals surface area contributed by atoms with Crippen molar-refractivity contribution in [2.24, 2.45) is 0 Å². The van der Waals surface area contributed by atoms with Crippen molar-refractivity contribution in [1.82, 2.24) is 14.8 Å². The van der Waals surface area contributed by atoms with Gasteiger partial charge in [0.1, 0.15) is 5.69 Å². The fraction of sp³-hybridized carbons (Fsp3) is 0.111. The van der Waals surface area contributed by atoms with Crippen molar-refractivity contribution in [2.45, 2.75) is 6.92 Å². The molecular formula is C9H7IN4O2. The first-order valence-electron chi connectivity index (χ1n) is 4.40. The second kappa shape index (κ2) is 4.16. The molecule has 7 heteroatoms. The van der Waals surface area contributed by atoms with Gasteiger partial charge in [0.05, 0.1) is 14.7 Å². The van der Waals surface area contributed by atoms with Crippen LogP contribution >= 0.6 is 22.6 Å². The Morgan fingerprint density at radius 1 is 1.50 bits per heavy atom. The van der Waals surface area contributed by atoms with E-state index in [1.807, 2.05) is 0 Å². The predicted molar refractivity (Wildman–Crippen MR) is 65.5 cm³/mol. The van der Waals surface area contributed by atoms with Crippen LogP contribution in [0.2, 0.25) is 0 Å².